The Morgan fingerprint density at radius 3 is 2.32 bits per heavy atom. The molecule has 2 aliphatic carbocycles. The van der Waals surface area contributed by atoms with E-state index < -0.39 is 5.97 Å². The van der Waals surface area contributed by atoms with Gasteiger partial charge in [0, 0.05) is 17.4 Å². The highest BCUT2D eigenvalue weighted by atomic mass is 32.1. The number of aromatic nitrogens is 2. The van der Waals surface area contributed by atoms with Crippen molar-refractivity contribution in [3.63, 3.8) is 0 Å². The number of ether oxygens (including phenoxy) is 1. The Morgan fingerprint density at radius 2 is 1.74 bits per heavy atom. The van der Waals surface area contributed by atoms with Gasteiger partial charge in [-0.15, -0.1) is 11.3 Å². The first-order valence-corrected chi connectivity index (χ1v) is 14.5. The fourth-order valence-electron chi connectivity index (χ4n) is 5.26. The summed E-state index contributed by atoms with van der Waals surface area (Å²) in [5.74, 6) is 6.46. The lowest BCUT2D eigenvalue weighted by Gasteiger charge is -2.39. The number of amides is 1. The molecular weight excluding hydrogens is 498 g/mol. The third-order valence-electron chi connectivity index (χ3n) is 7.38. The number of carboxylic acids is 1. The van der Waals surface area contributed by atoms with Crippen LogP contribution in [0.4, 0.5) is 5.69 Å². The molecule has 8 heteroatoms. The minimum Gasteiger partial charge on any atom is -0.477 e. The van der Waals surface area contributed by atoms with Crippen molar-refractivity contribution in [3.05, 3.63) is 33.9 Å². The molecule has 4 rings (SSSR count). The summed E-state index contributed by atoms with van der Waals surface area (Å²) in [7, 11) is 0. The maximum absolute atomic E-state index is 14.1. The first-order valence-electron chi connectivity index (χ1n) is 13.7. The number of carboxylic acid groups (broad SMARTS) is 1. The van der Waals surface area contributed by atoms with Gasteiger partial charge < -0.3 is 14.7 Å². The van der Waals surface area contributed by atoms with Crippen LogP contribution in [0.2, 0.25) is 0 Å². The van der Waals surface area contributed by atoms with E-state index in [-0.39, 0.29) is 34.3 Å². The molecule has 0 aromatic carbocycles. The van der Waals surface area contributed by atoms with Crippen molar-refractivity contribution in [2.24, 2.45) is 17.3 Å². The normalized spacial score (nSPS) is 23.7. The predicted octanol–water partition coefficient (Wildman–Crippen LogP) is 6.49. The van der Waals surface area contributed by atoms with Crippen LogP contribution < -0.4 is 9.64 Å². The average molecular weight is 538 g/mol. The van der Waals surface area contributed by atoms with Crippen LogP contribution in [0.15, 0.2) is 18.5 Å². The van der Waals surface area contributed by atoms with Crippen molar-refractivity contribution < 1.29 is 19.4 Å². The smallest absolute Gasteiger partial charge is 0.348 e. The number of hydrogen-bond acceptors (Lipinski definition) is 6. The Morgan fingerprint density at radius 1 is 1.05 bits per heavy atom. The number of hydrogen-bond donors (Lipinski definition) is 1. The number of thiophene rings is 1. The first kappa shape index (κ1) is 28.1. The van der Waals surface area contributed by atoms with Crippen LogP contribution in [-0.2, 0) is 4.79 Å². The minimum absolute atomic E-state index is 0.00892. The van der Waals surface area contributed by atoms with E-state index in [9.17, 15) is 14.7 Å². The summed E-state index contributed by atoms with van der Waals surface area (Å²) in [5, 5.41) is 10.1. The summed E-state index contributed by atoms with van der Waals surface area (Å²) >= 11 is 1.16. The number of rotatable bonds is 6. The Bertz CT molecular complexity index is 1190. The van der Waals surface area contributed by atoms with Crippen molar-refractivity contribution in [3.8, 4) is 17.7 Å². The molecule has 7 nitrogen and oxygen atoms in total. The molecule has 2 aliphatic rings. The molecule has 1 amide bonds. The van der Waals surface area contributed by atoms with E-state index in [2.05, 4.69) is 28.7 Å². The number of anilines is 1. The molecule has 0 atom stereocenters. The zero-order valence-electron chi connectivity index (χ0n) is 23.1. The summed E-state index contributed by atoms with van der Waals surface area (Å²) in [4.78, 5) is 37.7. The molecule has 2 fully saturated rings. The third-order valence-corrected chi connectivity index (χ3v) is 8.41. The van der Waals surface area contributed by atoms with E-state index in [0.29, 0.717) is 22.4 Å². The van der Waals surface area contributed by atoms with Gasteiger partial charge in [0.2, 0.25) is 11.8 Å². The highest BCUT2D eigenvalue weighted by Crippen LogP contribution is 2.39. The number of carbonyl (C=O) groups is 2. The molecule has 0 radical (unpaired) electrons. The summed E-state index contributed by atoms with van der Waals surface area (Å²) in [6.07, 6.45) is 10.1. The molecule has 2 saturated carbocycles. The van der Waals surface area contributed by atoms with Crippen LogP contribution in [0.5, 0.6) is 5.88 Å². The Kier molecular flexibility index (Phi) is 8.77. The van der Waals surface area contributed by atoms with E-state index in [1.165, 1.54) is 0 Å². The fourth-order valence-corrected chi connectivity index (χ4v) is 6.10. The maximum atomic E-state index is 14.1. The average Bonchev–Trinajstić information content (AvgIpc) is 3.30. The molecule has 0 aliphatic heterocycles. The number of carbonyl (C=O) groups excluding carboxylic acids is 1. The zero-order chi connectivity index (χ0) is 27.4. The molecule has 2 heterocycles. The van der Waals surface area contributed by atoms with Gasteiger partial charge in [0.15, 0.2) is 0 Å². The first-order chi connectivity index (χ1) is 18.0. The molecular formula is C30H39N3O4S. The van der Waals surface area contributed by atoms with Crippen LogP contribution in [0.1, 0.15) is 99.3 Å². The molecule has 38 heavy (non-hydrogen) atoms. The van der Waals surface area contributed by atoms with Gasteiger partial charge in [0.05, 0.1) is 28.7 Å². The number of aromatic carboxylic acids is 1. The van der Waals surface area contributed by atoms with E-state index in [4.69, 9.17) is 4.74 Å². The topological polar surface area (TPSA) is 92.6 Å². The molecule has 0 spiro atoms. The van der Waals surface area contributed by atoms with Crippen molar-refractivity contribution in [1.82, 2.24) is 9.97 Å². The van der Waals surface area contributed by atoms with E-state index in [1.54, 1.807) is 12.4 Å². The van der Waals surface area contributed by atoms with Gasteiger partial charge in [0.1, 0.15) is 11.0 Å². The third kappa shape index (κ3) is 7.13. The molecule has 204 valence electrons. The molecule has 0 saturated heterocycles. The van der Waals surface area contributed by atoms with E-state index in [0.717, 1.165) is 68.4 Å². The zero-order valence-corrected chi connectivity index (χ0v) is 23.9. The summed E-state index contributed by atoms with van der Waals surface area (Å²) < 4.78 is 6.08. The van der Waals surface area contributed by atoms with Gasteiger partial charge in [-0.05, 0) is 91.0 Å². The van der Waals surface area contributed by atoms with Crippen molar-refractivity contribution >= 4 is 28.9 Å². The highest BCUT2D eigenvalue weighted by molar-refractivity contribution is 7.15. The van der Waals surface area contributed by atoms with Crippen molar-refractivity contribution in [1.29, 1.82) is 0 Å². The second-order valence-corrected chi connectivity index (χ2v) is 12.9. The van der Waals surface area contributed by atoms with Gasteiger partial charge in [-0.1, -0.05) is 18.8 Å². The lowest BCUT2D eigenvalue weighted by Crippen LogP contribution is -2.47. The Hall–Kier alpha value is -2.92. The van der Waals surface area contributed by atoms with Gasteiger partial charge >= 0.3 is 5.97 Å². The van der Waals surface area contributed by atoms with E-state index >= 15 is 0 Å². The molecule has 0 unspecified atom stereocenters. The SMILES string of the molecule is Cc1cnc(OC2CCC(N(C(=O)C3CCC(C)CC3)c3cc(C#CC(C)(C)C)sc3C(=O)O)CC2)cn1. The van der Waals surface area contributed by atoms with Gasteiger partial charge in [-0.25, -0.2) is 9.78 Å². The maximum Gasteiger partial charge on any atom is 0.348 e. The van der Waals surface area contributed by atoms with Gasteiger partial charge in [-0.3, -0.25) is 9.78 Å². The lowest BCUT2D eigenvalue weighted by molar-refractivity contribution is -0.124. The van der Waals surface area contributed by atoms with E-state index in [1.807, 2.05) is 38.7 Å². The van der Waals surface area contributed by atoms with Crippen LogP contribution >= 0.6 is 11.3 Å². The van der Waals surface area contributed by atoms with Crippen molar-refractivity contribution in [2.45, 2.75) is 98.1 Å². The standard InChI is InChI=1S/C30H39N3O4S/c1-19-6-8-21(9-7-19)28(34)33(25-16-24(14-15-30(3,4)5)38-27(25)29(35)36)22-10-12-23(13-11-22)37-26-18-31-20(2)17-32-26/h16-19,21-23H,6-13H2,1-5H3,(H,35,36). The quantitative estimate of drug-likeness (QED) is 0.423. The Balaban J connectivity index is 1.60. The summed E-state index contributed by atoms with van der Waals surface area (Å²) in [6.45, 7) is 10.2. The van der Waals surface area contributed by atoms with Crippen LogP contribution in [0.3, 0.4) is 0 Å². The fraction of sp³-hybridized carbons (Fsp3) is 0.600. The largest absolute Gasteiger partial charge is 0.477 e. The van der Waals surface area contributed by atoms with Gasteiger partial charge in [-0.2, -0.15) is 0 Å². The highest BCUT2D eigenvalue weighted by Gasteiger charge is 2.38. The predicted molar refractivity (Wildman–Crippen MR) is 150 cm³/mol. The second kappa shape index (κ2) is 11.9. The van der Waals surface area contributed by atoms with Gasteiger partial charge in [0.25, 0.3) is 0 Å². The molecule has 2 aromatic rings. The second-order valence-electron chi connectivity index (χ2n) is 11.8. The van der Waals surface area contributed by atoms with Crippen LogP contribution in [0, 0.1) is 36.0 Å². The van der Waals surface area contributed by atoms with Crippen molar-refractivity contribution in [2.75, 3.05) is 4.90 Å². The number of nitrogens with zero attached hydrogens (tertiary/aromatic N) is 3. The summed E-state index contributed by atoms with van der Waals surface area (Å²) in [5.41, 5.74) is 1.13. The lowest BCUT2D eigenvalue weighted by atomic mass is 9.81. The minimum atomic E-state index is -1.01. The summed E-state index contributed by atoms with van der Waals surface area (Å²) in [6, 6.07) is 1.74. The monoisotopic (exact) mass is 537 g/mol. The Labute approximate surface area is 230 Å². The van der Waals surface area contributed by atoms with Crippen LogP contribution in [-0.4, -0.2) is 39.1 Å². The molecule has 1 N–H and O–H groups in total. The van der Waals surface area contributed by atoms with Crippen LogP contribution in [0.25, 0.3) is 0 Å². The molecule has 0 bridgehead atoms. The molecule has 2 aromatic heterocycles. The number of aryl methyl sites for hydroxylation is 1.